The number of hydrogen-bond donors (Lipinski definition) is 3. The van der Waals surface area contributed by atoms with Crippen LogP contribution in [0, 0.1) is 23.5 Å². The van der Waals surface area contributed by atoms with Crippen molar-refractivity contribution in [2.45, 2.75) is 50.4 Å². The van der Waals surface area contributed by atoms with Gasteiger partial charge in [0.1, 0.15) is 11.9 Å². The van der Waals surface area contributed by atoms with Crippen LogP contribution in [0.2, 0.25) is 0 Å². The van der Waals surface area contributed by atoms with Gasteiger partial charge < -0.3 is 20.1 Å². The Balaban J connectivity index is 1.50. The Hall–Kier alpha value is -2.77. The first-order chi connectivity index (χ1) is 15.3. The zero-order chi connectivity index (χ0) is 23.0. The molecule has 1 aliphatic heterocycles. The summed E-state index contributed by atoms with van der Waals surface area (Å²) in [6, 6.07) is 8.80. The van der Waals surface area contributed by atoms with Crippen LogP contribution < -0.4 is 4.74 Å². The van der Waals surface area contributed by atoms with Crippen LogP contribution in [0.15, 0.2) is 48.6 Å². The predicted molar refractivity (Wildman–Crippen MR) is 114 cm³/mol. The molecule has 0 bridgehead atoms. The Morgan fingerprint density at radius 2 is 1.91 bits per heavy atom. The summed E-state index contributed by atoms with van der Waals surface area (Å²) in [4.78, 5) is 11.3. The van der Waals surface area contributed by atoms with Crippen molar-refractivity contribution in [2.75, 3.05) is 0 Å². The van der Waals surface area contributed by atoms with E-state index in [-0.39, 0.29) is 29.3 Å². The van der Waals surface area contributed by atoms with Gasteiger partial charge in [0.05, 0.1) is 17.8 Å². The molecule has 1 saturated carbocycles. The highest BCUT2D eigenvalue weighted by Crippen LogP contribution is 2.43. The van der Waals surface area contributed by atoms with Crippen LogP contribution in [0.5, 0.6) is 5.75 Å². The van der Waals surface area contributed by atoms with Gasteiger partial charge in [-0.15, -0.1) is 0 Å². The molecule has 1 heterocycles. The Labute approximate surface area is 185 Å². The smallest absolute Gasteiger partial charge is 0.338 e. The maximum Gasteiger partial charge on any atom is 0.338 e. The average Bonchev–Trinajstić information content (AvgIpc) is 2.93. The summed E-state index contributed by atoms with van der Waals surface area (Å²) in [5, 5.41) is 30.4. The van der Waals surface area contributed by atoms with E-state index in [0.29, 0.717) is 24.8 Å². The van der Waals surface area contributed by atoms with E-state index < -0.39 is 35.7 Å². The minimum absolute atomic E-state index is 0.0424. The van der Waals surface area contributed by atoms with E-state index in [0.717, 1.165) is 5.56 Å². The second-order valence-electron chi connectivity index (χ2n) is 8.68. The van der Waals surface area contributed by atoms with Gasteiger partial charge in [0.25, 0.3) is 0 Å². The summed E-state index contributed by atoms with van der Waals surface area (Å²) in [5.41, 5.74) is 0.977. The standard InChI is InChI=1S/C25H26F2O5/c1-13(14-2-6-16(26)7-3-14)20(28)11-10-17-18-8-4-15-5-9-19(25(30)31)23(27)24(15)32-22(18)12-21(17)29/h2-3,5-7,9-11,13,17-18,20-22,28-29H,4,8,12H2,1H3,(H,30,31)/b11-10+/t13?,17-,18-,20?,21-,22+/m1/s1. The molecule has 1 aliphatic carbocycles. The van der Waals surface area contributed by atoms with Gasteiger partial charge in [0.2, 0.25) is 0 Å². The molecular formula is C25H26F2O5. The molecular weight excluding hydrogens is 418 g/mol. The molecule has 5 nitrogen and oxygen atoms in total. The van der Waals surface area contributed by atoms with E-state index in [9.17, 15) is 28.9 Å². The molecule has 2 aromatic carbocycles. The van der Waals surface area contributed by atoms with Gasteiger partial charge in [-0.25, -0.2) is 13.6 Å². The fraction of sp³-hybridized carbons (Fsp3) is 0.400. The molecule has 7 heteroatoms. The third kappa shape index (κ3) is 4.27. The van der Waals surface area contributed by atoms with E-state index in [1.165, 1.54) is 18.2 Å². The van der Waals surface area contributed by atoms with E-state index in [2.05, 4.69) is 0 Å². The lowest BCUT2D eigenvalue weighted by Crippen LogP contribution is -2.24. The minimum Gasteiger partial charge on any atom is -0.487 e. The summed E-state index contributed by atoms with van der Waals surface area (Å²) < 4.78 is 33.8. The van der Waals surface area contributed by atoms with Gasteiger partial charge >= 0.3 is 5.97 Å². The first-order valence-corrected chi connectivity index (χ1v) is 10.8. The lowest BCUT2D eigenvalue weighted by Gasteiger charge is -2.22. The Morgan fingerprint density at radius 3 is 2.59 bits per heavy atom. The number of carboxylic acids is 1. The molecule has 0 amide bonds. The van der Waals surface area contributed by atoms with Gasteiger partial charge in [-0.1, -0.05) is 37.3 Å². The molecule has 2 aliphatic rings. The molecule has 2 aromatic rings. The topological polar surface area (TPSA) is 87.0 Å². The summed E-state index contributed by atoms with van der Waals surface area (Å²) in [6.45, 7) is 1.84. The van der Waals surface area contributed by atoms with Crippen LogP contribution in [-0.2, 0) is 6.42 Å². The van der Waals surface area contributed by atoms with E-state index in [1.807, 2.05) is 6.92 Å². The largest absolute Gasteiger partial charge is 0.487 e. The molecule has 0 aromatic heterocycles. The maximum atomic E-state index is 14.7. The summed E-state index contributed by atoms with van der Waals surface area (Å²) in [6.07, 6.45) is 2.86. The molecule has 0 saturated heterocycles. The second-order valence-corrected chi connectivity index (χ2v) is 8.68. The second kappa shape index (κ2) is 9.00. The highest BCUT2D eigenvalue weighted by molar-refractivity contribution is 5.88. The van der Waals surface area contributed by atoms with Crippen LogP contribution in [0.4, 0.5) is 8.78 Å². The zero-order valence-electron chi connectivity index (χ0n) is 17.6. The molecule has 3 N–H and O–H groups in total. The Morgan fingerprint density at radius 1 is 1.19 bits per heavy atom. The maximum absolute atomic E-state index is 14.7. The van der Waals surface area contributed by atoms with Crippen molar-refractivity contribution >= 4 is 5.97 Å². The number of aliphatic hydroxyl groups excluding tert-OH is 2. The fourth-order valence-electron chi connectivity index (χ4n) is 4.82. The Bertz CT molecular complexity index is 1020. The van der Waals surface area contributed by atoms with Crippen molar-refractivity contribution in [3.63, 3.8) is 0 Å². The molecule has 1 fully saturated rings. The number of benzene rings is 2. The summed E-state index contributed by atoms with van der Waals surface area (Å²) >= 11 is 0. The first-order valence-electron chi connectivity index (χ1n) is 10.8. The molecule has 2 unspecified atom stereocenters. The first kappa shape index (κ1) is 22.4. The average molecular weight is 444 g/mol. The number of hydrogen-bond acceptors (Lipinski definition) is 4. The predicted octanol–water partition coefficient (Wildman–Crippen LogP) is 4.07. The number of rotatable bonds is 5. The number of ether oxygens (including phenoxy) is 1. The summed E-state index contributed by atoms with van der Waals surface area (Å²) in [7, 11) is 0. The lowest BCUT2D eigenvalue weighted by atomic mass is 9.87. The van der Waals surface area contributed by atoms with E-state index in [4.69, 9.17) is 4.74 Å². The monoisotopic (exact) mass is 444 g/mol. The number of aromatic carboxylic acids is 1. The quantitative estimate of drug-likeness (QED) is 0.605. The molecule has 6 atom stereocenters. The highest BCUT2D eigenvalue weighted by atomic mass is 19.1. The van der Waals surface area contributed by atoms with Crippen LogP contribution in [0.1, 0.15) is 47.2 Å². The van der Waals surface area contributed by atoms with Crippen molar-refractivity contribution in [3.8, 4) is 5.75 Å². The molecule has 0 spiro atoms. The molecule has 32 heavy (non-hydrogen) atoms. The van der Waals surface area contributed by atoms with Crippen molar-refractivity contribution in [1.29, 1.82) is 0 Å². The number of carboxylic acid groups (broad SMARTS) is 1. The van der Waals surface area contributed by atoms with E-state index in [1.54, 1.807) is 30.4 Å². The van der Waals surface area contributed by atoms with Crippen molar-refractivity contribution in [3.05, 3.63) is 76.9 Å². The summed E-state index contributed by atoms with van der Waals surface area (Å²) in [5.74, 6) is -3.27. The van der Waals surface area contributed by atoms with Gasteiger partial charge in [-0.3, -0.25) is 0 Å². The third-order valence-corrected chi connectivity index (χ3v) is 6.75. The minimum atomic E-state index is -1.36. The molecule has 0 radical (unpaired) electrons. The number of aryl methyl sites for hydroxylation is 1. The highest BCUT2D eigenvalue weighted by Gasteiger charge is 2.44. The van der Waals surface area contributed by atoms with Crippen molar-refractivity contribution < 1.29 is 33.6 Å². The number of carbonyl (C=O) groups is 1. The Kier molecular flexibility index (Phi) is 6.31. The number of halogens is 2. The van der Waals surface area contributed by atoms with E-state index >= 15 is 0 Å². The van der Waals surface area contributed by atoms with Gasteiger partial charge in [0.15, 0.2) is 11.6 Å². The van der Waals surface area contributed by atoms with Gasteiger partial charge in [-0.05, 0) is 42.2 Å². The van der Waals surface area contributed by atoms with Crippen LogP contribution in [0.25, 0.3) is 0 Å². The fourth-order valence-corrected chi connectivity index (χ4v) is 4.82. The van der Waals surface area contributed by atoms with Crippen molar-refractivity contribution in [2.24, 2.45) is 11.8 Å². The molecule has 170 valence electrons. The van der Waals surface area contributed by atoms with Gasteiger partial charge in [0, 0.05) is 24.2 Å². The number of aliphatic hydroxyl groups is 2. The third-order valence-electron chi connectivity index (χ3n) is 6.75. The van der Waals surface area contributed by atoms with Crippen LogP contribution in [0.3, 0.4) is 0 Å². The molecule has 4 rings (SSSR count). The van der Waals surface area contributed by atoms with Crippen LogP contribution in [-0.4, -0.2) is 39.6 Å². The number of fused-ring (bicyclic) bond motifs is 2. The normalized spacial score (nSPS) is 26.7. The van der Waals surface area contributed by atoms with Gasteiger partial charge in [-0.2, -0.15) is 0 Å². The van der Waals surface area contributed by atoms with Crippen LogP contribution >= 0.6 is 0 Å². The van der Waals surface area contributed by atoms with Crippen molar-refractivity contribution in [1.82, 2.24) is 0 Å². The SMILES string of the molecule is CC(c1ccc(F)cc1)C(O)/C=C/[C@@H]1[C@H]2CCc3ccc(C(=O)O)c(F)c3O[C@H]2C[C@H]1O. The zero-order valence-corrected chi connectivity index (χ0v) is 17.6. The lowest BCUT2D eigenvalue weighted by molar-refractivity contribution is 0.0688.